The van der Waals surface area contributed by atoms with Crippen LogP contribution in [0.5, 0.6) is 5.75 Å². The molecule has 0 radical (unpaired) electrons. The van der Waals surface area contributed by atoms with E-state index in [1.54, 1.807) is 0 Å². The Hall–Kier alpha value is -1.83. The van der Waals surface area contributed by atoms with Crippen molar-refractivity contribution in [2.24, 2.45) is 17.3 Å². The largest absolute Gasteiger partial charge is 0.490 e. The van der Waals surface area contributed by atoms with Crippen LogP contribution in [0, 0.1) is 24.2 Å². The van der Waals surface area contributed by atoms with E-state index in [4.69, 9.17) is 4.74 Å². The number of hydrogen-bond acceptors (Lipinski definition) is 2. The van der Waals surface area contributed by atoms with Crippen LogP contribution >= 0.6 is 0 Å². The van der Waals surface area contributed by atoms with Gasteiger partial charge >= 0.3 is 0 Å². The Morgan fingerprint density at radius 3 is 2.36 bits per heavy atom. The first-order chi connectivity index (χ1) is 13.3. The van der Waals surface area contributed by atoms with E-state index in [2.05, 4.69) is 40.7 Å². The zero-order valence-electron chi connectivity index (χ0n) is 18.3. The van der Waals surface area contributed by atoms with Gasteiger partial charge in [-0.15, -0.1) is 0 Å². The van der Waals surface area contributed by atoms with Crippen molar-refractivity contribution in [3.63, 3.8) is 0 Å². The van der Waals surface area contributed by atoms with Crippen LogP contribution in [0.25, 0.3) is 10.8 Å². The maximum atomic E-state index is 11.8. The van der Waals surface area contributed by atoms with Crippen molar-refractivity contribution in [3.8, 4) is 5.75 Å². The van der Waals surface area contributed by atoms with Crippen molar-refractivity contribution in [2.75, 3.05) is 0 Å². The minimum Gasteiger partial charge on any atom is -0.490 e. The standard InChI is InChI=1S/C26H36O2/c1-18(2)14-15-26(4,5)20-10-12-21(13-11-20)28-25-16-19(3)22-8-6-7-9-23(22)24(25)17-27/h6-9,16-18,20-21H,10-15H2,1-5H3. The first-order valence-corrected chi connectivity index (χ1v) is 11.0. The van der Waals surface area contributed by atoms with Gasteiger partial charge in [0.1, 0.15) is 5.75 Å². The first-order valence-electron chi connectivity index (χ1n) is 11.0. The SMILES string of the molecule is Cc1cc(OC2CCC(C(C)(C)CCC(C)C)CC2)c(C=O)c2ccccc12. The molecule has 1 aliphatic carbocycles. The molecule has 2 nitrogen and oxygen atoms in total. The zero-order chi connectivity index (χ0) is 20.3. The summed E-state index contributed by atoms with van der Waals surface area (Å²) < 4.78 is 6.39. The fourth-order valence-electron chi connectivity index (χ4n) is 4.77. The molecule has 0 atom stereocenters. The number of ether oxygens (including phenoxy) is 1. The third kappa shape index (κ3) is 4.59. The number of hydrogen-bond donors (Lipinski definition) is 0. The molecule has 28 heavy (non-hydrogen) atoms. The van der Waals surface area contributed by atoms with Gasteiger partial charge in [0.05, 0.1) is 11.7 Å². The average Bonchev–Trinajstić information content (AvgIpc) is 2.67. The lowest BCUT2D eigenvalue weighted by atomic mass is 9.68. The van der Waals surface area contributed by atoms with Crippen LogP contribution in [0.4, 0.5) is 0 Å². The molecule has 0 spiro atoms. The second-order valence-corrected chi connectivity index (χ2v) is 9.78. The summed E-state index contributed by atoms with van der Waals surface area (Å²) in [5.74, 6) is 2.31. The number of carbonyl (C=O) groups is 1. The summed E-state index contributed by atoms with van der Waals surface area (Å²) >= 11 is 0. The summed E-state index contributed by atoms with van der Waals surface area (Å²) in [6.45, 7) is 11.6. The molecule has 2 aromatic rings. The molecule has 0 aromatic heterocycles. The van der Waals surface area contributed by atoms with E-state index in [1.807, 2.05) is 24.3 Å². The predicted molar refractivity (Wildman–Crippen MR) is 118 cm³/mol. The molecule has 0 amide bonds. The van der Waals surface area contributed by atoms with Crippen LogP contribution in [0.3, 0.4) is 0 Å². The van der Waals surface area contributed by atoms with Gasteiger partial charge in [-0.05, 0) is 78.7 Å². The summed E-state index contributed by atoms with van der Waals surface area (Å²) in [6.07, 6.45) is 8.40. The molecule has 0 aliphatic heterocycles. The zero-order valence-corrected chi connectivity index (χ0v) is 18.3. The van der Waals surface area contributed by atoms with E-state index in [0.29, 0.717) is 11.0 Å². The van der Waals surface area contributed by atoms with Gasteiger partial charge in [0.15, 0.2) is 6.29 Å². The van der Waals surface area contributed by atoms with Gasteiger partial charge in [-0.2, -0.15) is 0 Å². The van der Waals surface area contributed by atoms with Crippen molar-refractivity contribution in [1.29, 1.82) is 0 Å². The molecule has 0 bridgehead atoms. The van der Waals surface area contributed by atoms with E-state index in [9.17, 15) is 4.79 Å². The molecule has 1 aliphatic rings. The number of fused-ring (bicyclic) bond motifs is 1. The lowest BCUT2D eigenvalue weighted by Crippen LogP contribution is -2.32. The number of aldehydes is 1. The number of benzene rings is 2. The summed E-state index contributed by atoms with van der Waals surface area (Å²) in [5.41, 5.74) is 2.27. The van der Waals surface area contributed by atoms with Crippen molar-refractivity contribution in [1.82, 2.24) is 0 Å². The van der Waals surface area contributed by atoms with E-state index >= 15 is 0 Å². The van der Waals surface area contributed by atoms with E-state index in [0.717, 1.165) is 47.5 Å². The van der Waals surface area contributed by atoms with Crippen LogP contribution in [0.1, 0.15) is 82.1 Å². The van der Waals surface area contributed by atoms with Gasteiger partial charge in [0.25, 0.3) is 0 Å². The second kappa shape index (κ2) is 8.68. The molecule has 0 unspecified atom stereocenters. The monoisotopic (exact) mass is 380 g/mol. The van der Waals surface area contributed by atoms with E-state index in [1.165, 1.54) is 31.2 Å². The minimum absolute atomic E-state index is 0.219. The molecule has 0 saturated heterocycles. The molecular weight excluding hydrogens is 344 g/mol. The summed E-state index contributed by atoms with van der Waals surface area (Å²) in [6, 6.07) is 10.2. The highest BCUT2D eigenvalue weighted by Gasteiger charge is 2.33. The fraction of sp³-hybridized carbons (Fsp3) is 0.577. The Labute approximate surface area is 170 Å². The van der Waals surface area contributed by atoms with Gasteiger partial charge in [-0.3, -0.25) is 4.79 Å². The molecule has 2 aromatic carbocycles. The number of aryl methyl sites for hydroxylation is 1. The smallest absolute Gasteiger partial charge is 0.154 e. The van der Waals surface area contributed by atoms with Gasteiger partial charge in [0, 0.05) is 0 Å². The summed E-state index contributed by atoms with van der Waals surface area (Å²) in [7, 11) is 0. The Bertz CT molecular complexity index is 811. The van der Waals surface area contributed by atoms with Crippen LogP contribution in [-0.4, -0.2) is 12.4 Å². The third-order valence-electron chi connectivity index (χ3n) is 6.81. The Balaban J connectivity index is 1.69. The Morgan fingerprint density at radius 1 is 1.11 bits per heavy atom. The normalized spacial score (nSPS) is 20.5. The van der Waals surface area contributed by atoms with Gasteiger partial charge < -0.3 is 4.74 Å². The number of carbonyl (C=O) groups excluding carboxylic acids is 1. The lowest BCUT2D eigenvalue weighted by molar-refractivity contribution is 0.0719. The summed E-state index contributed by atoms with van der Waals surface area (Å²) in [4.78, 5) is 11.8. The molecule has 152 valence electrons. The van der Waals surface area contributed by atoms with E-state index in [-0.39, 0.29) is 6.10 Å². The van der Waals surface area contributed by atoms with Crippen LogP contribution in [0.2, 0.25) is 0 Å². The topological polar surface area (TPSA) is 26.3 Å². The highest BCUT2D eigenvalue weighted by Crippen LogP contribution is 2.43. The van der Waals surface area contributed by atoms with Crippen molar-refractivity contribution >= 4 is 17.1 Å². The van der Waals surface area contributed by atoms with Crippen LogP contribution in [0.15, 0.2) is 30.3 Å². The van der Waals surface area contributed by atoms with Crippen molar-refractivity contribution in [2.45, 2.75) is 79.2 Å². The second-order valence-electron chi connectivity index (χ2n) is 9.78. The number of rotatable bonds is 7. The molecule has 1 fully saturated rings. The fourth-order valence-corrected chi connectivity index (χ4v) is 4.77. The van der Waals surface area contributed by atoms with Gasteiger partial charge in [-0.1, -0.05) is 58.4 Å². The van der Waals surface area contributed by atoms with Crippen molar-refractivity contribution < 1.29 is 9.53 Å². The lowest BCUT2D eigenvalue weighted by Gasteiger charge is -2.40. The predicted octanol–water partition coefficient (Wildman–Crippen LogP) is 7.36. The molecule has 3 rings (SSSR count). The Morgan fingerprint density at radius 2 is 1.75 bits per heavy atom. The van der Waals surface area contributed by atoms with Crippen molar-refractivity contribution in [3.05, 3.63) is 41.5 Å². The maximum Gasteiger partial charge on any atom is 0.154 e. The molecule has 1 saturated carbocycles. The Kier molecular flexibility index (Phi) is 6.47. The molecular formula is C26H36O2. The molecule has 2 heteroatoms. The maximum absolute atomic E-state index is 11.8. The minimum atomic E-state index is 0.219. The molecule has 0 N–H and O–H groups in total. The highest BCUT2D eigenvalue weighted by molar-refractivity contribution is 6.02. The van der Waals surface area contributed by atoms with E-state index < -0.39 is 0 Å². The van der Waals surface area contributed by atoms with Crippen LogP contribution < -0.4 is 4.74 Å². The average molecular weight is 381 g/mol. The summed E-state index contributed by atoms with van der Waals surface area (Å²) in [5, 5.41) is 2.13. The highest BCUT2D eigenvalue weighted by atomic mass is 16.5. The van der Waals surface area contributed by atoms with Gasteiger partial charge in [-0.25, -0.2) is 0 Å². The third-order valence-corrected chi connectivity index (χ3v) is 6.81. The first kappa shape index (κ1) is 20.9. The van der Waals surface area contributed by atoms with Crippen LogP contribution in [-0.2, 0) is 0 Å². The van der Waals surface area contributed by atoms with Gasteiger partial charge in [0.2, 0.25) is 0 Å². The quantitative estimate of drug-likeness (QED) is 0.469. The molecule has 0 heterocycles.